The molecule has 2 nitrogen and oxygen atoms in total. The highest BCUT2D eigenvalue weighted by Crippen LogP contribution is 2.30. The van der Waals surface area contributed by atoms with E-state index >= 15 is 0 Å². The number of hydrogen-bond donors (Lipinski definition) is 2. The van der Waals surface area contributed by atoms with E-state index in [4.69, 9.17) is 0 Å². The van der Waals surface area contributed by atoms with Crippen LogP contribution >= 0.6 is 0 Å². The molecule has 0 heterocycles. The largest absolute Gasteiger partial charge is 0.367 e. The van der Waals surface area contributed by atoms with Crippen molar-refractivity contribution in [2.45, 2.75) is 66.2 Å². The van der Waals surface area contributed by atoms with Gasteiger partial charge in [0.2, 0.25) is 0 Å². The molecule has 0 fully saturated rings. The lowest BCUT2D eigenvalue weighted by Crippen LogP contribution is -2.17. The molecular weight excluding hydrogens is 304 g/mol. The normalized spacial score (nSPS) is 12.0. The molecule has 2 aromatic carbocycles. The van der Waals surface area contributed by atoms with Crippen LogP contribution in [-0.4, -0.2) is 6.67 Å². The molecule has 2 N–H and O–H groups in total. The van der Waals surface area contributed by atoms with Gasteiger partial charge in [-0.05, 0) is 53.9 Å². The molecule has 0 aliphatic carbocycles. The van der Waals surface area contributed by atoms with Crippen LogP contribution in [-0.2, 0) is 19.3 Å². The third-order valence-corrected chi connectivity index (χ3v) is 5.24. The number of nitrogens with one attached hydrogen (secondary N) is 2. The van der Waals surface area contributed by atoms with Crippen molar-refractivity contribution in [2.24, 2.45) is 0 Å². The lowest BCUT2D eigenvalue weighted by Gasteiger charge is -2.21. The fraction of sp³-hybridized carbons (Fsp3) is 0.478. The molecule has 0 spiro atoms. The molecule has 0 aliphatic heterocycles. The van der Waals surface area contributed by atoms with E-state index in [-0.39, 0.29) is 0 Å². The lowest BCUT2D eigenvalue weighted by molar-refractivity contribution is 0.733. The first-order valence-electron chi connectivity index (χ1n) is 9.86. The third kappa shape index (κ3) is 4.56. The van der Waals surface area contributed by atoms with Crippen LogP contribution in [0.15, 0.2) is 36.4 Å². The second-order valence-electron chi connectivity index (χ2n) is 6.73. The smallest absolute Gasteiger partial charge is 0.0849 e. The molecule has 0 aromatic heterocycles. The summed E-state index contributed by atoms with van der Waals surface area (Å²) in [5, 5.41) is 7.34. The molecule has 0 amide bonds. The lowest BCUT2D eigenvalue weighted by atomic mass is 9.93. The van der Waals surface area contributed by atoms with Crippen LogP contribution < -0.4 is 10.6 Å². The van der Waals surface area contributed by atoms with Crippen molar-refractivity contribution in [2.75, 3.05) is 17.3 Å². The number of anilines is 2. The first kappa shape index (κ1) is 19.4. The topological polar surface area (TPSA) is 24.1 Å². The Bertz CT molecular complexity index is 654. The Hall–Kier alpha value is -1.96. The van der Waals surface area contributed by atoms with Crippen molar-refractivity contribution in [1.29, 1.82) is 0 Å². The second-order valence-corrected chi connectivity index (χ2v) is 6.73. The summed E-state index contributed by atoms with van der Waals surface area (Å²) in [4.78, 5) is 0. The van der Waals surface area contributed by atoms with Crippen LogP contribution in [0.1, 0.15) is 69.2 Å². The fourth-order valence-electron chi connectivity index (χ4n) is 3.45. The first-order valence-corrected chi connectivity index (χ1v) is 9.86. The van der Waals surface area contributed by atoms with Crippen molar-refractivity contribution in [3.8, 4) is 0 Å². The minimum Gasteiger partial charge on any atom is -0.367 e. The SMILES string of the molecule is CCc1cccc(CC)c1NCNc1c(CC)cccc1C(C)CC. The Kier molecular flexibility index (Phi) is 7.36. The minimum atomic E-state index is 0.572. The Morgan fingerprint density at radius 3 is 1.72 bits per heavy atom. The number of hydrogen-bond acceptors (Lipinski definition) is 2. The van der Waals surface area contributed by atoms with Crippen molar-refractivity contribution >= 4 is 11.4 Å². The zero-order valence-corrected chi connectivity index (χ0v) is 16.6. The molecule has 0 aliphatic rings. The predicted molar refractivity (Wildman–Crippen MR) is 112 cm³/mol. The van der Waals surface area contributed by atoms with Crippen molar-refractivity contribution in [3.05, 3.63) is 58.7 Å². The van der Waals surface area contributed by atoms with Crippen LogP contribution in [0.5, 0.6) is 0 Å². The maximum absolute atomic E-state index is 3.69. The van der Waals surface area contributed by atoms with Gasteiger partial charge in [0.1, 0.15) is 0 Å². The summed E-state index contributed by atoms with van der Waals surface area (Å²) >= 11 is 0. The Morgan fingerprint density at radius 1 is 0.720 bits per heavy atom. The molecule has 2 aromatic rings. The number of aryl methyl sites for hydroxylation is 3. The van der Waals surface area contributed by atoms with Gasteiger partial charge in [0.05, 0.1) is 6.67 Å². The maximum atomic E-state index is 3.69. The summed E-state index contributed by atoms with van der Waals surface area (Å²) in [6.07, 6.45) is 4.33. The van der Waals surface area contributed by atoms with Gasteiger partial charge in [-0.3, -0.25) is 0 Å². The van der Waals surface area contributed by atoms with E-state index in [1.165, 1.54) is 33.6 Å². The highest BCUT2D eigenvalue weighted by molar-refractivity contribution is 5.62. The average molecular weight is 339 g/mol. The minimum absolute atomic E-state index is 0.572. The van der Waals surface area contributed by atoms with Crippen molar-refractivity contribution in [3.63, 3.8) is 0 Å². The average Bonchev–Trinajstić information content (AvgIpc) is 2.67. The predicted octanol–water partition coefficient (Wildman–Crippen LogP) is 6.37. The third-order valence-electron chi connectivity index (χ3n) is 5.24. The molecule has 2 rings (SSSR count). The van der Waals surface area contributed by atoms with Gasteiger partial charge >= 0.3 is 0 Å². The maximum Gasteiger partial charge on any atom is 0.0849 e. The summed E-state index contributed by atoms with van der Waals surface area (Å²) in [6.45, 7) is 12.0. The molecule has 0 radical (unpaired) electrons. The van der Waals surface area contributed by atoms with E-state index in [0.29, 0.717) is 5.92 Å². The quantitative estimate of drug-likeness (QED) is 0.519. The van der Waals surface area contributed by atoms with E-state index in [2.05, 4.69) is 81.7 Å². The second kappa shape index (κ2) is 9.50. The standard InChI is InChI=1S/C23H34N2/c1-6-17(5)21-15-11-14-20(9-4)23(21)25-16-24-22-18(7-2)12-10-13-19(22)8-3/h10-15,17,24-25H,6-9,16H2,1-5H3. The van der Waals surface area contributed by atoms with Crippen LogP contribution in [0.2, 0.25) is 0 Å². The van der Waals surface area contributed by atoms with Crippen molar-refractivity contribution < 1.29 is 0 Å². The monoisotopic (exact) mass is 338 g/mol. The summed E-state index contributed by atoms with van der Waals surface area (Å²) < 4.78 is 0. The highest BCUT2D eigenvalue weighted by atomic mass is 15.1. The Labute approximate surface area is 154 Å². The van der Waals surface area contributed by atoms with Crippen LogP contribution in [0.25, 0.3) is 0 Å². The molecule has 1 unspecified atom stereocenters. The number of benzene rings is 2. The van der Waals surface area contributed by atoms with Crippen LogP contribution in [0.4, 0.5) is 11.4 Å². The van der Waals surface area contributed by atoms with Gasteiger partial charge in [0, 0.05) is 11.4 Å². The molecule has 25 heavy (non-hydrogen) atoms. The molecule has 0 saturated carbocycles. The number of para-hydroxylation sites is 2. The van der Waals surface area contributed by atoms with E-state index in [1.54, 1.807) is 0 Å². The zero-order valence-electron chi connectivity index (χ0n) is 16.6. The molecule has 2 heteroatoms. The Morgan fingerprint density at radius 2 is 1.20 bits per heavy atom. The molecule has 0 saturated heterocycles. The molecule has 1 atom stereocenters. The summed E-state index contributed by atoms with van der Waals surface area (Å²) in [6, 6.07) is 13.3. The van der Waals surface area contributed by atoms with Gasteiger partial charge < -0.3 is 10.6 Å². The molecule has 136 valence electrons. The van der Waals surface area contributed by atoms with Gasteiger partial charge in [-0.25, -0.2) is 0 Å². The van der Waals surface area contributed by atoms with Gasteiger partial charge in [0.15, 0.2) is 0 Å². The summed E-state index contributed by atoms with van der Waals surface area (Å²) in [5.74, 6) is 0.572. The van der Waals surface area contributed by atoms with E-state index in [1.807, 2.05) is 0 Å². The van der Waals surface area contributed by atoms with Gasteiger partial charge in [-0.1, -0.05) is 71.0 Å². The summed E-state index contributed by atoms with van der Waals surface area (Å²) in [7, 11) is 0. The van der Waals surface area contributed by atoms with E-state index in [0.717, 1.165) is 32.4 Å². The Balaban J connectivity index is 2.20. The highest BCUT2D eigenvalue weighted by Gasteiger charge is 2.12. The summed E-state index contributed by atoms with van der Waals surface area (Å²) in [5.41, 5.74) is 8.25. The van der Waals surface area contributed by atoms with Gasteiger partial charge in [-0.2, -0.15) is 0 Å². The zero-order chi connectivity index (χ0) is 18.2. The van der Waals surface area contributed by atoms with Gasteiger partial charge in [0.25, 0.3) is 0 Å². The van der Waals surface area contributed by atoms with E-state index in [9.17, 15) is 0 Å². The van der Waals surface area contributed by atoms with Crippen molar-refractivity contribution in [1.82, 2.24) is 0 Å². The number of rotatable bonds is 9. The molecular formula is C23H34N2. The first-order chi connectivity index (χ1) is 12.2. The van der Waals surface area contributed by atoms with E-state index < -0.39 is 0 Å². The fourth-order valence-corrected chi connectivity index (χ4v) is 3.45. The van der Waals surface area contributed by atoms with Crippen LogP contribution in [0, 0.1) is 0 Å². The molecule has 0 bridgehead atoms. The van der Waals surface area contributed by atoms with Crippen LogP contribution in [0.3, 0.4) is 0 Å². The van der Waals surface area contributed by atoms with Gasteiger partial charge in [-0.15, -0.1) is 0 Å².